The average molecular weight is 304 g/mol. The Morgan fingerprint density at radius 3 is 2.95 bits per heavy atom. The minimum absolute atomic E-state index is 0.155. The van der Waals surface area contributed by atoms with Gasteiger partial charge in [0.2, 0.25) is 0 Å². The van der Waals surface area contributed by atoms with Crippen LogP contribution in [-0.4, -0.2) is 49.6 Å². The molecule has 1 saturated heterocycles. The molecule has 0 aliphatic carbocycles. The second-order valence-corrected chi connectivity index (χ2v) is 5.55. The van der Waals surface area contributed by atoms with Gasteiger partial charge in [-0.1, -0.05) is 0 Å². The Bertz CT molecular complexity index is 807. The maximum absolute atomic E-state index is 12.5. The Hall–Kier alpha value is -2.64. The summed E-state index contributed by atoms with van der Waals surface area (Å²) in [5, 5.41) is 13.2. The van der Waals surface area contributed by atoms with Crippen LogP contribution in [0.3, 0.4) is 0 Å². The third-order valence-electron chi connectivity index (χ3n) is 3.87. The third kappa shape index (κ3) is 2.47. The number of aliphatic carboxylic acids is 1. The number of H-pyrrole nitrogens is 1. The predicted octanol–water partition coefficient (Wildman–Crippen LogP) is 0.268. The van der Waals surface area contributed by atoms with E-state index in [1.165, 1.54) is 15.5 Å². The van der Waals surface area contributed by atoms with E-state index in [-0.39, 0.29) is 23.7 Å². The number of piperidine rings is 1. The summed E-state index contributed by atoms with van der Waals surface area (Å²) in [6.45, 7) is 2.41. The molecule has 1 unspecified atom stereocenters. The van der Waals surface area contributed by atoms with Crippen LogP contribution in [0.4, 0.5) is 0 Å². The van der Waals surface area contributed by atoms with Gasteiger partial charge in [-0.25, -0.2) is 4.52 Å². The first-order valence-corrected chi connectivity index (χ1v) is 7.07. The number of nitrogens with one attached hydrogen (secondary N) is 1. The van der Waals surface area contributed by atoms with E-state index in [0.717, 1.165) is 0 Å². The smallest absolute Gasteiger partial charge is 0.308 e. The molecule has 0 radical (unpaired) electrons. The molecule has 1 aliphatic heterocycles. The molecule has 2 N–H and O–H groups in total. The van der Waals surface area contributed by atoms with Crippen molar-refractivity contribution in [1.29, 1.82) is 0 Å². The summed E-state index contributed by atoms with van der Waals surface area (Å²) in [4.78, 5) is 39.5. The Morgan fingerprint density at radius 1 is 1.45 bits per heavy atom. The first kappa shape index (κ1) is 14.3. The van der Waals surface area contributed by atoms with Crippen molar-refractivity contribution in [1.82, 2.24) is 19.5 Å². The Kier molecular flexibility index (Phi) is 3.44. The lowest BCUT2D eigenvalue weighted by Crippen LogP contribution is -2.42. The van der Waals surface area contributed by atoms with Gasteiger partial charge in [-0.05, 0) is 19.8 Å². The van der Waals surface area contributed by atoms with Crippen LogP contribution in [0.15, 0.2) is 17.1 Å². The lowest BCUT2D eigenvalue weighted by molar-refractivity contribution is -0.143. The SMILES string of the molecule is Cc1cn2nc(C(=O)N3CCCC(C(=O)O)C3)cc2c(=O)[nH]1. The monoisotopic (exact) mass is 304 g/mol. The van der Waals surface area contributed by atoms with Gasteiger partial charge in [0, 0.05) is 31.0 Å². The van der Waals surface area contributed by atoms with Crippen LogP contribution < -0.4 is 5.56 Å². The zero-order chi connectivity index (χ0) is 15.9. The number of rotatable bonds is 2. The van der Waals surface area contributed by atoms with E-state index in [9.17, 15) is 14.4 Å². The van der Waals surface area contributed by atoms with Gasteiger partial charge in [-0.3, -0.25) is 14.4 Å². The second-order valence-electron chi connectivity index (χ2n) is 5.55. The first-order chi connectivity index (χ1) is 10.5. The van der Waals surface area contributed by atoms with E-state index >= 15 is 0 Å². The van der Waals surface area contributed by atoms with Crippen molar-refractivity contribution in [2.45, 2.75) is 19.8 Å². The van der Waals surface area contributed by atoms with Gasteiger partial charge in [0.05, 0.1) is 5.92 Å². The number of carbonyl (C=O) groups is 2. The average Bonchev–Trinajstić information content (AvgIpc) is 2.90. The number of fused-ring (bicyclic) bond motifs is 1. The molecule has 8 nitrogen and oxygen atoms in total. The Labute approximate surface area is 125 Å². The lowest BCUT2D eigenvalue weighted by Gasteiger charge is -2.30. The minimum Gasteiger partial charge on any atom is -0.481 e. The number of amides is 1. The number of nitrogens with zero attached hydrogens (tertiary/aromatic N) is 3. The second kappa shape index (κ2) is 5.28. The van der Waals surface area contributed by atoms with E-state index in [1.54, 1.807) is 13.1 Å². The fourth-order valence-corrected chi connectivity index (χ4v) is 2.75. The molecule has 3 heterocycles. The molecule has 1 aliphatic rings. The van der Waals surface area contributed by atoms with Crippen LogP contribution in [-0.2, 0) is 4.79 Å². The highest BCUT2D eigenvalue weighted by molar-refractivity contribution is 5.94. The topological polar surface area (TPSA) is 108 Å². The first-order valence-electron chi connectivity index (χ1n) is 7.07. The van der Waals surface area contributed by atoms with Gasteiger partial charge in [0.1, 0.15) is 5.52 Å². The molecule has 1 fully saturated rings. The van der Waals surface area contributed by atoms with Crippen molar-refractivity contribution in [3.05, 3.63) is 34.0 Å². The molecule has 2 aromatic heterocycles. The Balaban J connectivity index is 1.90. The normalized spacial score (nSPS) is 18.6. The molecule has 116 valence electrons. The summed E-state index contributed by atoms with van der Waals surface area (Å²) < 4.78 is 1.38. The molecule has 3 rings (SSSR count). The van der Waals surface area contributed by atoms with Gasteiger partial charge >= 0.3 is 5.97 Å². The number of hydrogen-bond donors (Lipinski definition) is 2. The van der Waals surface area contributed by atoms with Gasteiger partial charge in [0.15, 0.2) is 5.69 Å². The van der Waals surface area contributed by atoms with E-state index in [2.05, 4.69) is 10.1 Å². The van der Waals surface area contributed by atoms with Crippen molar-refractivity contribution in [2.75, 3.05) is 13.1 Å². The summed E-state index contributed by atoms with van der Waals surface area (Å²) >= 11 is 0. The van der Waals surface area contributed by atoms with Gasteiger partial charge in [-0.2, -0.15) is 5.10 Å². The quantitative estimate of drug-likeness (QED) is 0.828. The summed E-state index contributed by atoms with van der Waals surface area (Å²) in [6.07, 6.45) is 2.85. The standard InChI is InChI=1S/C14H16N4O4/c1-8-6-18-11(12(19)15-8)5-10(16-18)13(20)17-4-2-3-9(7-17)14(21)22/h5-6,9H,2-4,7H2,1H3,(H,15,19)(H,21,22). The van der Waals surface area contributed by atoms with E-state index in [1.807, 2.05) is 0 Å². The number of aromatic nitrogens is 3. The Morgan fingerprint density at radius 2 is 2.23 bits per heavy atom. The molecule has 1 amide bonds. The van der Waals surface area contributed by atoms with Crippen molar-refractivity contribution in [3.8, 4) is 0 Å². The molecule has 8 heteroatoms. The highest BCUT2D eigenvalue weighted by atomic mass is 16.4. The maximum atomic E-state index is 12.5. The van der Waals surface area contributed by atoms with Crippen molar-refractivity contribution in [3.63, 3.8) is 0 Å². The number of hydrogen-bond acceptors (Lipinski definition) is 4. The molecule has 1 atom stereocenters. The summed E-state index contributed by atoms with van der Waals surface area (Å²) in [5.41, 5.74) is 0.778. The van der Waals surface area contributed by atoms with Crippen LogP contribution in [0.25, 0.3) is 5.52 Å². The van der Waals surface area contributed by atoms with Crippen molar-refractivity contribution in [2.24, 2.45) is 5.92 Å². The molecule has 0 bridgehead atoms. The van der Waals surface area contributed by atoms with Crippen LogP contribution in [0.5, 0.6) is 0 Å². The molecule has 22 heavy (non-hydrogen) atoms. The van der Waals surface area contributed by atoms with Gasteiger partial charge < -0.3 is 15.0 Å². The van der Waals surface area contributed by atoms with Crippen LogP contribution in [0.2, 0.25) is 0 Å². The number of likely N-dealkylation sites (tertiary alicyclic amines) is 1. The van der Waals surface area contributed by atoms with Crippen LogP contribution in [0, 0.1) is 12.8 Å². The van der Waals surface area contributed by atoms with Crippen molar-refractivity contribution >= 4 is 17.4 Å². The van der Waals surface area contributed by atoms with Gasteiger partial charge in [0.25, 0.3) is 11.5 Å². The molecule has 0 saturated carbocycles. The minimum atomic E-state index is -0.889. The number of carboxylic acids is 1. The molecule has 0 spiro atoms. The molecular weight excluding hydrogens is 288 g/mol. The zero-order valence-corrected chi connectivity index (χ0v) is 12.1. The van der Waals surface area contributed by atoms with E-state index in [0.29, 0.717) is 30.6 Å². The van der Waals surface area contributed by atoms with Crippen LogP contribution >= 0.6 is 0 Å². The number of aryl methyl sites for hydroxylation is 1. The summed E-state index contributed by atoms with van der Waals surface area (Å²) in [5.74, 6) is -1.77. The van der Waals surface area contributed by atoms with Gasteiger partial charge in [-0.15, -0.1) is 0 Å². The zero-order valence-electron chi connectivity index (χ0n) is 12.1. The highest BCUT2D eigenvalue weighted by Gasteiger charge is 2.29. The van der Waals surface area contributed by atoms with E-state index < -0.39 is 11.9 Å². The number of carboxylic acid groups (broad SMARTS) is 1. The maximum Gasteiger partial charge on any atom is 0.308 e. The van der Waals surface area contributed by atoms with E-state index in [4.69, 9.17) is 5.11 Å². The molecular formula is C14H16N4O4. The van der Waals surface area contributed by atoms with Crippen molar-refractivity contribution < 1.29 is 14.7 Å². The third-order valence-corrected chi connectivity index (χ3v) is 3.87. The number of aromatic amines is 1. The predicted molar refractivity (Wildman–Crippen MR) is 76.8 cm³/mol. The summed E-state index contributed by atoms with van der Waals surface area (Å²) in [6, 6.07) is 1.44. The van der Waals surface area contributed by atoms with Crippen LogP contribution in [0.1, 0.15) is 29.0 Å². The fourth-order valence-electron chi connectivity index (χ4n) is 2.75. The number of carbonyl (C=O) groups excluding carboxylic acids is 1. The largest absolute Gasteiger partial charge is 0.481 e. The fraction of sp³-hybridized carbons (Fsp3) is 0.429. The lowest BCUT2D eigenvalue weighted by atomic mass is 9.98. The molecule has 2 aromatic rings. The molecule has 0 aromatic carbocycles. The summed E-state index contributed by atoms with van der Waals surface area (Å²) in [7, 11) is 0. The highest BCUT2D eigenvalue weighted by Crippen LogP contribution is 2.18.